The number of benzene rings is 2. The van der Waals surface area contributed by atoms with Crippen LogP contribution in [0.25, 0.3) is 0 Å². The van der Waals surface area contributed by atoms with Gasteiger partial charge in [-0.15, -0.1) is 11.3 Å². The first-order valence-electron chi connectivity index (χ1n) is 11.2. The van der Waals surface area contributed by atoms with E-state index >= 15 is 0 Å². The first-order valence-corrected chi connectivity index (χ1v) is 14.3. The summed E-state index contributed by atoms with van der Waals surface area (Å²) >= 11 is 13.4. The topological polar surface area (TPSA) is 105 Å². The lowest BCUT2D eigenvalue weighted by Crippen LogP contribution is -2.51. The second-order valence-electron chi connectivity index (χ2n) is 8.43. The highest BCUT2D eigenvalue weighted by Crippen LogP contribution is 2.21. The van der Waals surface area contributed by atoms with E-state index in [4.69, 9.17) is 27.9 Å². The van der Waals surface area contributed by atoms with Gasteiger partial charge in [-0.05, 0) is 67.6 Å². The van der Waals surface area contributed by atoms with Gasteiger partial charge in [0.05, 0.1) is 7.11 Å². The highest BCUT2D eigenvalue weighted by Gasteiger charge is 2.32. The van der Waals surface area contributed by atoms with Gasteiger partial charge in [0.25, 0.3) is 16.1 Å². The summed E-state index contributed by atoms with van der Waals surface area (Å²) in [6.45, 7) is 3.72. The molecule has 3 aromatic rings. The van der Waals surface area contributed by atoms with E-state index in [0.717, 1.165) is 4.88 Å². The van der Waals surface area contributed by atoms with Gasteiger partial charge in [-0.3, -0.25) is 9.59 Å². The smallest absolute Gasteiger partial charge is 0.324 e. The van der Waals surface area contributed by atoms with Crippen LogP contribution >= 0.6 is 34.5 Å². The number of hydrogen-bond donors (Lipinski definition) is 2. The third kappa shape index (κ3) is 8.26. The number of thiophene rings is 1. The minimum Gasteiger partial charge on any atom is -0.468 e. The number of methoxy groups -OCH3 is 1. The number of anilines is 1. The van der Waals surface area contributed by atoms with Crippen LogP contribution in [0.4, 0.5) is 5.69 Å². The molecule has 1 amide bonds. The van der Waals surface area contributed by atoms with Crippen LogP contribution in [0, 0.1) is 0 Å². The molecule has 2 aromatic carbocycles. The van der Waals surface area contributed by atoms with Gasteiger partial charge in [0, 0.05) is 38.8 Å². The molecule has 0 saturated carbocycles. The number of nitrogens with one attached hydrogen (secondary N) is 2. The van der Waals surface area contributed by atoms with Gasteiger partial charge in [0.15, 0.2) is 0 Å². The maximum absolute atomic E-state index is 13.2. The zero-order valence-corrected chi connectivity index (χ0v) is 23.5. The fourth-order valence-electron chi connectivity index (χ4n) is 3.51. The fraction of sp³-hybridized carbons (Fsp3) is 0.280. The standard InChI is InChI=1S/C25H27Cl2N3O5S2/c1-16(2)30(15-22-5-4-10-36-22)37(33,34)29-23(25(32)35-3)11-17-6-8-21(9-7-17)28-24(31)18-12-19(26)14-20(27)13-18/h4-10,12-14,16,23,29H,11,15H2,1-3H3,(H,28,31). The number of carbonyl (C=O) groups is 2. The molecule has 0 bridgehead atoms. The third-order valence-corrected chi connectivity index (χ3v) is 8.38. The number of hydrogen-bond acceptors (Lipinski definition) is 6. The number of rotatable bonds is 11. The van der Waals surface area contributed by atoms with Gasteiger partial charge in [-0.25, -0.2) is 0 Å². The molecular weight excluding hydrogens is 557 g/mol. The van der Waals surface area contributed by atoms with Crippen LogP contribution in [0.3, 0.4) is 0 Å². The second kappa shape index (κ2) is 12.9. The molecule has 1 unspecified atom stereocenters. The van der Waals surface area contributed by atoms with Gasteiger partial charge >= 0.3 is 5.97 Å². The minimum absolute atomic E-state index is 0.0506. The summed E-state index contributed by atoms with van der Waals surface area (Å²) in [5.74, 6) is -1.10. The van der Waals surface area contributed by atoms with E-state index in [9.17, 15) is 18.0 Å². The average molecular weight is 585 g/mol. The second-order valence-corrected chi connectivity index (χ2v) is 12.0. The molecule has 198 valence electrons. The molecule has 12 heteroatoms. The maximum Gasteiger partial charge on any atom is 0.324 e. The van der Waals surface area contributed by atoms with Crippen molar-refractivity contribution in [3.8, 4) is 0 Å². The molecule has 1 atom stereocenters. The molecule has 0 aliphatic carbocycles. The molecule has 8 nitrogen and oxygen atoms in total. The highest BCUT2D eigenvalue weighted by atomic mass is 35.5. The minimum atomic E-state index is -4.02. The van der Waals surface area contributed by atoms with Gasteiger partial charge in [-0.2, -0.15) is 17.4 Å². The lowest BCUT2D eigenvalue weighted by Gasteiger charge is -2.27. The molecule has 0 saturated heterocycles. The number of ether oxygens (including phenoxy) is 1. The zero-order valence-electron chi connectivity index (χ0n) is 20.4. The zero-order chi connectivity index (χ0) is 27.2. The summed E-state index contributed by atoms with van der Waals surface area (Å²) in [5, 5.41) is 5.31. The molecule has 0 aliphatic rings. The quantitative estimate of drug-likeness (QED) is 0.304. The Morgan fingerprint density at radius 3 is 2.24 bits per heavy atom. The molecule has 3 rings (SSSR count). The van der Waals surface area contributed by atoms with Crippen LogP contribution in [0.15, 0.2) is 60.0 Å². The van der Waals surface area contributed by atoms with Gasteiger partial charge in [0.1, 0.15) is 6.04 Å². The Morgan fingerprint density at radius 2 is 1.70 bits per heavy atom. The molecule has 0 radical (unpaired) electrons. The predicted molar refractivity (Wildman–Crippen MR) is 147 cm³/mol. The monoisotopic (exact) mass is 583 g/mol. The molecule has 37 heavy (non-hydrogen) atoms. The van der Waals surface area contributed by atoms with Gasteiger partial charge in [-0.1, -0.05) is 41.4 Å². The van der Waals surface area contributed by atoms with E-state index in [0.29, 0.717) is 26.9 Å². The van der Waals surface area contributed by atoms with Crippen LogP contribution < -0.4 is 10.0 Å². The van der Waals surface area contributed by atoms with Crippen molar-refractivity contribution in [2.45, 2.75) is 38.9 Å². The Bertz CT molecular complexity index is 1310. The van der Waals surface area contributed by atoms with Crippen molar-refractivity contribution in [2.75, 3.05) is 12.4 Å². The Labute approximate surface area is 230 Å². The summed E-state index contributed by atoms with van der Waals surface area (Å²) in [5.41, 5.74) is 1.47. The molecule has 0 spiro atoms. The van der Waals surface area contributed by atoms with Crippen LogP contribution in [-0.4, -0.2) is 43.8 Å². The van der Waals surface area contributed by atoms with Crippen molar-refractivity contribution in [3.63, 3.8) is 0 Å². The SMILES string of the molecule is COC(=O)C(Cc1ccc(NC(=O)c2cc(Cl)cc(Cl)c2)cc1)NS(=O)(=O)N(Cc1cccs1)C(C)C. The van der Waals surface area contributed by atoms with Crippen LogP contribution in [0.5, 0.6) is 0 Å². The van der Waals surface area contributed by atoms with Gasteiger partial charge < -0.3 is 10.1 Å². The Morgan fingerprint density at radius 1 is 1.05 bits per heavy atom. The van der Waals surface area contributed by atoms with Crippen molar-refractivity contribution in [1.82, 2.24) is 9.03 Å². The van der Waals surface area contributed by atoms with E-state index < -0.39 is 28.1 Å². The van der Waals surface area contributed by atoms with Crippen molar-refractivity contribution in [2.24, 2.45) is 0 Å². The summed E-state index contributed by atoms with van der Waals surface area (Å²) in [6, 6.07) is 13.5. The third-order valence-electron chi connectivity index (χ3n) is 5.33. The van der Waals surface area contributed by atoms with E-state index in [-0.39, 0.29) is 19.0 Å². The normalized spacial score (nSPS) is 12.5. The Kier molecular flexibility index (Phi) is 10.1. The fourth-order valence-corrected chi connectivity index (χ4v) is 6.36. The van der Waals surface area contributed by atoms with Crippen molar-refractivity contribution < 1.29 is 22.7 Å². The molecule has 2 N–H and O–H groups in total. The molecular formula is C25H27Cl2N3O5S2. The van der Waals surface area contributed by atoms with Crippen LogP contribution in [0.2, 0.25) is 10.0 Å². The molecule has 1 heterocycles. The predicted octanol–water partition coefficient (Wildman–Crippen LogP) is 5.14. The Hall–Kier alpha value is -2.47. The highest BCUT2D eigenvalue weighted by molar-refractivity contribution is 7.87. The molecule has 0 aliphatic heterocycles. The van der Waals surface area contributed by atoms with Crippen LogP contribution in [-0.2, 0) is 32.7 Å². The van der Waals surface area contributed by atoms with Crippen molar-refractivity contribution in [1.29, 1.82) is 0 Å². The summed E-state index contributed by atoms with van der Waals surface area (Å²) in [7, 11) is -2.82. The average Bonchev–Trinajstić information content (AvgIpc) is 3.35. The van der Waals surface area contributed by atoms with Gasteiger partial charge in [0.2, 0.25) is 0 Å². The van der Waals surface area contributed by atoms with Crippen LogP contribution in [0.1, 0.15) is 34.6 Å². The number of amides is 1. The summed E-state index contributed by atoms with van der Waals surface area (Å²) in [6.07, 6.45) is 0.0506. The Balaban J connectivity index is 1.72. The largest absolute Gasteiger partial charge is 0.468 e. The lowest BCUT2D eigenvalue weighted by molar-refractivity contribution is -0.142. The van der Waals surface area contributed by atoms with E-state index in [2.05, 4.69) is 10.0 Å². The molecule has 0 fully saturated rings. The summed E-state index contributed by atoms with van der Waals surface area (Å²) in [4.78, 5) is 25.9. The van der Waals surface area contributed by atoms with E-state index in [1.807, 2.05) is 17.5 Å². The summed E-state index contributed by atoms with van der Waals surface area (Å²) < 4.78 is 35.1. The van der Waals surface area contributed by atoms with E-state index in [1.54, 1.807) is 38.1 Å². The number of carbonyl (C=O) groups excluding carboxylic acids is 2. The maximum atomic E-state index is 13.2. The number of nitrogens with zero attached hydrogens (tertiary/aromatic N) is 1. The lowest BCUT2D eigenvalue weighted by atomic mass is 10.1. The van der Waals surface area contributed by atoms with E-state index in [1.165, 1.54) is 41.0 Å². The van der Waals surface area contributed by atoms with Crippen molar-refractivity contribution >= 4 is 62.3 Å². The number of halogens is 2. The van der Waals surface area contributed by atoms with Crippen molar-refractivity contribution in [3.05, 3.63) is 86.0 Å². The number of esters is 1. The molecule has 1 aromatic heterocycles. The first kappa shape index (κ1) is 29.1. The first-order chi connectivity index (χ1) is 17.5.